The van der Waals surface area contributed by atoms with Crippen molar-refractivity contribution in [2.45, 2.75) is 18.9 Å². The van der Waals surface area contributed by atoms with Gasteiger partial charge in [0.15, 0.2) is 0 Å². The van der Waals surface area contributed by atoms with Gasteiger partial charge >= 0.3 is 0 Å². The highest BCUT2D eigenvalue weighted by atomic mass is 16.7. The molecule has 0 fully saturated rings. The molecule has 0 aliphatic rings. The summed E-state index contributed by atoms with van der Waals surface area (Å²) in [5.41, 5.74) is 1.37. The molecular formula is C18H21N3O3. The SMILES string of the molecule is CON(C)C(=O)C(CCc1ccccc1)NC(=O)c1ccccn1. The van der Waals surface area contributed by atoms with Crippen molar-refractivity contribution in [1.29, 1.82) is 0 Å². The molecule has 0 radical (unpaired) electrons. The molecule has 1 aromatic heterocycles. The van der Waals surface area contributed by atoms with E-state index in [0.717, 1.165) is 10.6 Å². The number of hydrogen-bond acceptors (Lipinski definition) is 4. The van der Waals surface area contributed by atoms with Crippen LogP contribution in [0.2, 0.25) is 0 Å². The molecule has 1 heterocycles. The first kappa shape index (κ1) is 17.6. The number of pyridine rings is 1. The van der Waals surface area contributed by atoms with Gasteiger partial charge < -0.3 is 5.32 Å². The number of aryl methyl sites for hydroxylation is 1. The van der Waals surface area contributed by atoms with Crippen molar-refractivity contribution in [3.8, 4) is 0 Å². The van der Waals surface area contributed by atoms with Crippen LogP contribution in [0.1, 0.15) is 22.5 Å². The molecule has 0 aliphatic heterocycles. The summed E-state index contributed by atoms with van der Waals surface area (Å²) in [7, 11) is 2.93. The van der Waals surface area contributed by atoms with E-state index in [0.29, 0.717) is 12.8 Å². The first-order valence-corrected chi connectivity index (χ1v) is 7.69. The van der Waals surface area contributed by atoms with Gasteiger partial charge in [-0.2, -0.15) is 0 Å². The number of hydroxylamine groups is 2. The minimum atomic E-state index is -0.690. The van der Waals surface area contributed by atoms with Gasteiger partial charge in [-0.25, -0.2) is 5.06 Å². The number of nitrogens with zero attached hydrogens (tertiary/aromatic N) is 2. The number of rotatable bonds is 7. The number of carbonyl (C=O) groups excluding carboxylic acids is 2. The number of hydrogen-bond donors (Lipinski definition) is 1. The topological polar surface area (TPSA) is 71.5 Å². The van der Waals surface area contributed by atoms with E-state index in [2.05, 4.69) is 10.3 Å². The van der Waals surface area contributed by atoms with E-state index in [1.165, 1.54) is 20.4 Å². The lowest BCUT2D eigenvalue weighted by atomic mass is 10.0. The minimum absolute atomic E-state index is 0.273. The monoisotopic (exact) mass is 327 g/mol. The van der Waals surface area contributed by atoms with Gasteiger partial charge in [0.25, 0.3) is 11.8 Å². The summed E-state index contributed by atoms with van der Waals surface area (Å²) in [6.45, 7) is 0. The molecule has 0 saturated heterocycles. The fourth-order valence-corrected chi connectivity index (χ4v) is 2.25. The van der Waals surface area contributed by atoms with Crippen LogP contribution >= 0.6 is 0 Å². The molecule has 6 nitrogen and oxygen atoms in total. The first-order valence-electron chi connectivity index (χ1n) is 7.69. The quantitative estimate of drug-likeness (QED) is 0.788. The third kappa shape index (κ3) is 4.89. The third-order valence-electron chi connectivity index (χ3n) is 3.65. The van der Waals surface area contributed by atoms with Gasteiger partial charge in [0, 0.05) is 13.2 Å². The van der Waals surface area contributed by atoms with Crippen LogP contribution in [0.5, 0.6) is 0 Å². The number of aromatic nitrogens is 1. The lowest BCUT2D eigenvalue weighted by Gasteiger charge is -2.22. The second-order valence-corrected chi connectivity index (χ2v) is 5.28. The number of benzene rings is 1. The second-order valence-electron chi connectivity index (χ2n) is 5.28. The molecule has 2 amide bonds. The Labute approximate surface area is 141 Å². The normalized spacial score (nSPS) is 11.6. The van der Waals surface area contributed by atoms with Crippen LogP contribution in [0.25, 0.3) is 0 Å². The minimum Gasteiger partial charge on any atom is -0.339 e. The van der Waals surface area contributed by atoms with E-state index in [4.69, 9.17) is 4.84 Å². The third-order valence-corrected chi connectivity index (χ3v) is 3.65. The summed E-state index contributed by atoms with van der Waals surface area (Å²) < 4.78 is 0. The lowest BCUT2D eigenvalue weighted by Crippen LogP contribution is -2.47. The second kappa shape index (κ2) is 8.79. The fraction of sp³-hybridized carbons (Fsp3) is 0.278. The van der Waals surface area contributed by atoms with Crippen LogP contribution in [0.3, 0.4) is 0 Å². The zero-order valence-corrected chi connectivity index (χ0v) is 13.8. The molecule has 1 atom stereocenters. The summed E-state index contributed by atoms with van der Waals surface area (Å²) in [5, 5.41) is 3.87. The molecule has 6 heteroatoms. The van der Waals surface area contributed by atoms with Gasteiger partial charge in [0.2, 0.25) is 0 Å². The largest absolute Gasteiger partial charge is 0.339 e. The summed E-state index contributed by atoms with van der Waals surface area (Å²) in [6, 6.07) is 14.2. The van der Waals surface area contributed by atoms with E-state index in [1.54, 1.807) is 18.2 Å². The van der Waals surface area contributed by atoms with Crippen LogP contribution in [-0.4, -0.2) is 42.1 Å². The predicted molar refractivity (Wildman–Crippen MR) is 90.0 cm³/mol. The molecule has 0 bridgehead atoms. The Morgan fingerprint density at radius 3 is 2.50 bits per heavy atom. The van der Waals surface area contributed by atoms with E-state index in [-0.39, 0.29) is 17.5 Å². The molecule has 0 saturated carbocycles. The Bertz CT molecular complexity index is 662. The van der Waals surface area contributed by atoms with Crippen LogP contribution < -0.4 is 5.32 Å². The van der Waals surface area contributed by atoms with Crippen molar-refractivity contribution in [3.05, 3.63) is 66.0 Å². The Morgan fingerprint density at radius 2 is 1.88 bits per heavy atom. The molecule has 0 spiro atoms. The molecule has 1 N–H and O–H groups in total. The van der Waals surface area contributed by atoms with E-state index in [9.17, 15) is 9.59 Å². The van der Waals surface area contributed by atoms with Crippen molar-refractivity contribution in [2.75, 3.05) is 14.2 Å². The molecule has 0 aliphatic carbocycles. The smallest absolute Gasteiger partial charge is 0.270 e. The molecule has 2 rings (SSSR count). The summed E-state index contributed by atoms with van der Waals surface area (Å²) in [4.78, 5) is 33.7. The highest BCUT2D eigenvalue weighted by molar-refractivity contribution is 5.95. The van der Waals surface area contributed by atoms with Gasteiger partial charge in [0.1, 0.15) is 11.7 Å². The number of amides is 2. The zero-order chi connectivity index (χ0) is 17.4. The summed E-state index contributed by atoms with van der Waals surface area (Å²) >= 11 is 0. The predicted octanol–water partition coefficient (Wildman–Crippen LogP) is 1.83. The standard InChI is InChI=1S/C18H21N3O3/c1-21(24-2)18(23)16(12-11-14-8-4-3-5-9-14)20-17(22)15-10-6-7-13-19-15/h3-10,13,16H,11-12H2,1-2H3,(H,20,22). The van der Waals surface area contributed by atoms with Gasteiger partial charge in [-0.1, -0.05) is 36.4 Å². The highest BCUT2D eigenvalue weighted by Gasteiger charge is 2.25. The van der Waals surface area contributed by atoms with Crippen molar-refractivity contribution in [1.82, 2.24) is 15.4 Å². The maximum atomic E-state index is 12.4. The molecule has 126 valence electrons. The van der Waals surface area contributed by atoms with Crippen LogP contribution in [0.15, 0.2) is 54.7 Å². The van der Waals surface area contributed by atoms with E-state index in [1.807, 2.05) is 30.3 Å². The van der Waals surface area contributed by atoms with E-state index >= 15 is 0 Å². The Balaban J connectivity index is 2.07. The van der Waals surface area contributed by atoms with Gasteiger partial charge in [-0.15, -0.1) is 0 Å². The molecule has 24 heavy (non-hydrogen) atoms. The Kier molecular flexibility index (Phi) is 6.45. The fourth-order valence-electron chi connectivity index (χ4n) is 2.25. The molecule has 1 aromatic carbocycles. The maximum Gasteiger partial charge on any atom is 0.270 e. The van der Waals surface area contributed by atoms with Gasteiger partial charge in [-0.3, -0.25) is 19.4 Å². The Hall–Kier alpha value is -2.73. The molecular weight excluding hydrogens is 306 g/mol. The zero-order valence-electron chi connectivity index (χ0n) is 13.8. The van der Waals surface area contributed by atoms with Crippen molar-refractivity contribution < 1.29 is 14.4 Å². The first-order chi connectivity index (χ1) is 11.6. The molecule has 1 unspecified atom stereocenters. The molecule has 2 aromatic rings. The van der Waals surface area contributed by atoms with Crippen molar-refractivity contribution >= 4 is 11.8 Å². The lowest BCUT2D eigenvalue weighted by molar-refractivity contribution is -0.171. The van der Waals surface area contributed by atoms with Crippen molar-refractivity contribution in [3.63, 3.8) is 0 Å². The van der Waals surface area contributed by atoms with Gasteiger partial charge in [0.05, 0.1) is 7.11 Å². The summed E-state index contributed by atoms with van der Waals surface area (Å²) in [5.74, 6) is -0.691. The Morgan fingerprint density at radius 1 is 1.17 bits per heavy atom. The van der Waals surface area contributed by atoms with Crippen LogP contribution in [0.4, 0.5) is 0 Å². The number of carbonyl (C=O) groups is 2. The van der Waals surface area contributed by atoms with Gasteiger partial charge in [-0.05, 0) is 30.5 Å². The number of likely N-dealkylation sites (N-methyl/N-ethyl adjacent to an activating group) is 1. The average Bonchev–Trinajstić information content (AvgIpc) is 2.65. The van der Waals surface area contributed by atoms with Crippen molar-refractivity contribution in [2.24, 2.45) is 0 Å². The van der Waals surface area contributed by atoms with Crippen LogP contribution in [-0.2, 0) is 16.1 Å². The highest BCUT2D eigenvalue weighted by Crippen LogP contribution is 2.08. The summed E-state index contributed by atoms with van der Waals surface area (Å²) in [6.07, 6.45) is 2.67. The maximum absolute atomic E-state index is 12.4. The van der Waals surface area contributed by atoms with Crippen LogP contribution in [0, 0.1) is 0 Å². The number of nitrogens with one attached hydrogen (secondary N) is 1. The van der Waals surface area contributed by atoms with E-state index < -0.39 is 6.04 Å². The average molecular weight is 327 g/mol.